The average molecular weight is 267 g/mol. The number of hydrogen-bond acceptors (Lipinski definition) is 6. The highest BCUT2D eigenvalue weighted by molar-refractivity contribution is 8.01. The topological polar surface area (TPSA) is 68.9 Å². The standard InChI is InChI=1S/C10H9N3O2S2/c1-2-16-10-12-11-9(17-10)7-4-3-5-8(6-7)13(14)15/h3-6H,2H2,1H3. The van der Waals surface area contributed by atoms with Crippen molar-refractivity contribution in [2.75, 3.05) is 5.75 Å². The number of benzene rings is 1. The largest absolute Gasteiger partial charge is 0.270 e. The first-order valence-electron chi connectivity index (χ1n) is 4.92. The van der Waals surface area contributed by atoms with E-state index in [2.05, 4.69) is 10.2 Å². The Hall–Kier alpha value is -1.47. The third-order valence-electron chi connectivity index (χ3n) is 1.98. The summed E-state index contributed by atoms with van der Waals surface area (Å²) < 4.78 is 0.883. The molecule has 2 rings (SSSR count). The van der Waals surface area contributed by atoms with Gasteiger partial charge >= 0.3 is 0 Å². The zero-order valence-electron chi connectivity index (χ0n) is 8.99. The smallest absolute Gasteiger partial charge is 0.258 e. The summed E-state index contributed by atoms with van der Waals surface area (Å²) >= 11 is 3.06. The van der Waals surface area contributed by atoms with Crippen LogP contribution in [-0.2, 0) is 0 Å². The van der Waals surface area contributed by atoms with Crippen LogP contribution in [0.3, 0.4) is 0 Å². The molecule has 17 heavy (non-hydrogen) atoms. The Balaban J connectivity index is 2.32. The molecule has 1 heterocycles. The predicted octanol–water partition coefficient (Wildman–Crippen LogP) is 3.23. The van der Waals surface area contributed by atoms with E-state index in [0.29, 0.717) is 5.01 Å². The van der Waals surface area contributed by atoms with E-state index < -0.39 is 4.92 Å². The Morgan fingerprint density at radius 2 is 2.29 bits per heavy atom. The number of hydrogen-bond donors (Lipinski definition) is 0. The molecule has 0 amide bonds. The minimum absolute atomic E-state index is 0.0717. The number of aromatic nitrogens is 2. The van der Waals surface area contributed by atoms with Gasteiger partial charge in [-0.2, -0.15) is 0 Å². The van der Waals surface area contributed by atoms with Crippen molar-refractivity contribution < 1.29 is 4.92 Å². The average Bonchev–Trinajstić information content (AvgIpc) is 2.78. The molecule has 0 spiro atoms. The van der Waals surface area contributed by atoms with Gasteiger partial charge in [0, 0.05) is 17.7 Å². The van der Waals surface area contributed by atoms with Gasteiger partial charge in [0.1, 0.15) is 5.01 Å². The van der Waals surface area contributed by atoms with Crippen molar-refractivity contribution in [2.45, 2.75) is 11.3 Å². The van der Waals surface area contributed by atoms with Crippen LogP contribution in [0.1, 0.15) is 6.92 Å². The zero-order valence-corrected chi connectivity index (χ0v) is 10.6. The minimum Gasteiger partial charge on any atom is -0.258 e. The van der Waals surface area contributed by atoms with E-state index in [-0.39, 0.29) is 5.69 Å². The maximum absolute atomic E-state index is 10.7. The van der Waals surface area contributed by atoms with E-state index in [0.717, 1.165) is 15.7 Å². The summed E-state index contributed by atoms with van der Waals surface area (Å²) in [6, 6.07) is 6.43. The molecule has 0 saturated carbocycles. The molecule has 1 aromatic carbocycles. The molecule has 0 N–H and O–H groups in total. The van der Waals surface area contributed by atoms with Crippen LogP contribution >= 0.6 is 23.1 Å². The number of rotatable bonds is 4. The Morgan fingerprint density at radius 1 is 1.47 bits per heavy atom. The van der Waals surface area contributed by atoms with Gasteiger partial charge in [-0.25, -0.2) is 0 Å². The maximum atomic E-state index is 10.7. The van der Waals surface area contributed by atoms with Crippen molar-refractivity contribution in [1.82, 2.24) is 10.2 Å². The van der Waals surface area contributed by atoms with Gasteiger partial charge in [0.2, 0.25) is 0 Å². The van der Waals surface area contributed by atoms with Crippen molar-refractivity contribution in [3.63, 3.8) is 0 Å². The van der Waals surface area contributed by atoms with E-state index in [4.69, 9.17) is 0 Å². The van der Waals surface area contributed by atoms with Crippen LogP contribution in [0, 0.1) is 10.1 Å². The molecule has 0 unspecified atom stereocenters. The van der Waals surface area contributed by atoms with Crippen LogP contribution < -0.4 is 0 Å². The number of nitrogens with zero attached hydrogens (tertiary/aromatic N) is 3. The van der Waals surface area contributed by atoms with Gasteiger partial charge in [0.05, 0.1) is 4.92 Å². The molecule has 1 aromatic heterocycles. The summed E-state index contributed by atoms with van der Waals surface area (Å²) in [7, 11) is 0. The molecular formula is C10H9N3O2S2. The zero-order chi connectivity index (χ0) is 12.3. The number of non-ortho nitro benzene ring substituents is 1. The second-order valence-electron chi connectivity index (χ2n) is 3.11. The lowest BCUT2D eigenvalue weighted by atomic mass is 10.2. The molecule has 0 aliphatic heterocycles. The normalized spacial score (nSPS) is 10.4. The van der Waals surface area contributed by atoms with Gasteiger partial charge in [-0.15, -0.1) is 10.2 Å². The van der Waals surface area contributed by atoms with E-state index in [1.165, 1.54) is 23.5 Å². The molecular weight excluding hydrogens is 258 g/mol. The summed E-state index contributed by atoms with van der Waals surface area (Å²) in [4.78, 5) is 10.3. The van der Waals surface area contributed by atoms with Crippen LogP contribution in [0.4, 0.5) is 5.69 Å². The fraction of sp³-hybridized carbons (Fsp3) is 0.200. The second kappa shape index (κ2) is 5.24. The summed E-state index contributed by atoms with van der Waals surface area (Å²) in [6.07, 6.45) is 0. The fourth-order valence-corrected chi connectivity index (χ4v) is 3.01. The van der Waals surface area contributed by atoms with Crippen LogP contribution in [0.15, 0.2) is 28.6 Å². The summed E-state index contributed by atoms with van der Waals surface area (Å²) in [5.41, 5.74) is 0.807. The Labute approximate surface area is 106 Å². The van der Waals surface area contributed by atoms with Crippen LogP contribution in [-0.4, -0.2) is 20.9 Å². The molecule has 0 saturated heterocycles. The van der Waals surface area contributed by atoms with Gasteiger partial charge in [0.15, 0.2) is 4.34 Å². The highest BCUT2D eigenvalue weighted by atomic mass is 32.2. The number of nitro benzene ring substituents is 1. The Kier molecular flexibility index (Phi) is 3.70. The van der Waals surface area contributed by atoms with Crippen molar-refractivity contribution in [1.29, 1.82) is 0 Å². The van der Waals surface area contributed by atoms with Gasteiger partial charge in [0.25, 0.3) is 5.69 Å². The third-order valence-corrected chi connectivity index (χ3v) is 3.97. The molecule has 0 aliphatic carbocycles. The first kappa shape index (κ1) is 12.0. The van der Waals surface area contributed by atoms with Gasteiger partial charge < -0.3 is 0 Å². The first-order chi connectivity index (χ1) is 8.20. The van der Waals surface area contributed by atoms with E-state index in [1.807, 2.05) is 6.92 Å². The highest BCUT2D eigenvalue weighted by Gasteiger charge is 2.11. The Morgan fingerprint density at radius 3 is 3.00 bits per heavy atom. The van der Waals surface area contributed by atoms with Crippen molar-refractivity contribution in [3.05, 3.63) is 34.4 Å². The first-order valence-corrected chi connectivity index (χ1v) is 6.72. The highest BCUT2D eigenvalue weighted by Crippen LogP contribution is 2.30. The molecule has 0 bridgehead atoms. The molecule has 0 atom stereocenters. The van der Waals surface area contributed by atoms with Crippen LogP contribution in [0.2, 0.25) is 0 Å². The minimum atomic E-state index is -0.410. The van der Waals surface area contributed by atoms with Gasteiger partial charge in [-0.3, -0.25) is 10.1 Å². The predicted molar refractivity (Wildman–Crippen MR) is 68.4 cm³/mol. The quantitative estimate of drug-likeness (QED) is 0.483. The van der Waals surface area contributed by atoms with Gasteiger partial charge in [-0.05, 0) is 5.75 Å². The lowest BCUT2D eigenvalue weighted by Crippen LogP contribution is -1.87. The molecule has 5 nitrogen and oxygen atoms in total. The summed E-state index contributed by atoms with van der Waals surface area (Å²) in [5, 5.41) is 19.4. The van der Waals surface area contributed by atoms with E-state index in [9.17, 15) is 10.1 Å². The number of thioether (sulfide) groups is 1. The summed E-state index contributed by atoms with van der Waals surface area (Å²) in [5.74, 6) is 0.934. The van der Waals surface area contributed by atoms with Crippen molar-refractivity contribution in [2.24, 2.45) is 0 Å². The SMILES string of the molecule is CCSc1nnc(-c2cccc([N+](=O)[O-])c2)s1. The summed E-state index contributed by atoms with van der Waals surface area (Å²) in [6.45, 7) is 2.04. The fourth-order valence-electron chi connectivity index (χ4n) is 1.26. The lowest BCUT2D eigenvalue weighted by Gasteiger charge is -1.94. The maximum Gasteiger partial charge on any atom is 0.270 e. The molecule has 0 fully saturated rings. The second-order valence-corrected chi connectivity index (χ2v) is 5.60. The molecule has 7 heteroatoms. The molecule has 2 aromatic rings. The van der Waals surface area contributed by atoms with Crippen LogP contribution in [0.5, 0.6) is 0 Å². The van der Waals surface area contributed by atoms with E-state index >= 15 is 0 Å². The Bertz CT molecular complexity index is 542. The molecule has 0 radical (unpaired) electrons. The molecule has 88 valence electrons. The lowest BCUT2D eigenvalue weighted by molar-refractivity contribution is -0.384. The monoisotopic (exact) mass is 267 g/mol. The van der Waals surface area contributed by atoms with E-state index in [1.54, 1.807) is 23.9 Å². The van der Waals surface area contributed by atoms with Gasteiger partial charge in [-0.1, -0.05) is 42.2 Å². The molecule has 0 aliphatic rings. The third kappa shape index (κ3) is 2.80. The van der Waals surface area contributed by atoms with Crippen molar-refractivity contribution >= 4 is 28.8 Å². The number of nitro groups is 1. The van der Waals surface area contributed by atoms with Crippen LogP contribution in [0.25, 0.3) is 10.6 Å². The van der Waals surface area contributed by atoms with Crippen molar-refractivity contribution in [3.8, 4) is 10.6 Å².